The lowest BCUT2D eigenvalue weighted by molar-refractivity contribution is 0.0350. The van der Waals surface area contributed by atoms with Gasteiger partial charge in [-0.3, -0.25) is 9.80 Å². The van der Waals surface area contributed by atoms with E-state index in [-0.39, 0.29) is 0 Å². The molecule has 1 saturated heterocycles. The van der Waals surface area contributed by atoms with E-state index in [0.717, 1.165) is 44.1 Å². The van der Waals surface area contributed by atoms with Gasteiger partial charge in [-0.2, -0.15) is 0 Å². The Morgan fingerprint density at radius 3 is 2.75 bits per heavy atom. The van der Waals surface area contributed by atoms with E-state index >= 15 is 0 Å². The van der Waals surface area contributed by atoms with Crippen molar-refractivity contribution in [1.29, 1.82) is 0 Å². The molecule has 24 heavy (non-hydrogen) atoms. The van der Waals surface area contributed by atoms with Gasteiger partial charge in [0.05, 0.1) is 12.6 Å². The summed E-state index contributed by atoms with van der Waals surface area (Å²) >= 11 is 0. The summed E-state index contributed by atoms with van der Waals surface area (Å²) in [5.74, 6) is 1.14. The molecule has 130 valence electrons. The van der Waals surface area contributed by atoms with Crippen molar-refractivity contribution in [3.8, 4) is 0 Å². The van der Waals surface area contributed by atoms with E-state index < -0.39 is 6.10 Å². The number of aliphatic hydroxyl groups is 1. The summed E-state index contributed by atoms with van der Waals surface area (Å²) in [4.78, 5) is 9.33. The van der Waals surface area contributed by atoms with Gasteiger partial charge in [0.1, 0.15) is 5.82 Å². The molecule has 5 nitrogen and oxygen atoms in total. The molecule has 1 aliphatic heterocycles. The van der Waals surface area contributed by atoms with Crippen LogP contribution in [0, 0.1) is 0 Å². The zero-order valence-electron chi connectivity index (χ0n) is 14.7. The number of hydrogen-bond donors (Lipinski definition) is 1. The molecule has 1 aromatic carbocycles. The molecule has 0 spiro atoms. The largest absolute Gasteiger partial charge is 0.387 e. The highest BCUT2D eigenvalue weighted by atomic mass is 16.3. The molecule has 2 heterocycles. The second-order valence-corrected chi connectivity index (χ2v) is 6.64. The Morgan fingerprint density at radius 1 is 1.25 bits per heavy atom. The molecule has 0 amide bonds. The third-order valence-electron chi connectivity index (χ3n) is 4.95. The summed E-state index contributed by atoms with van der Waals surface area (Å²) in [7, 11) is 0. The van der Waals surface area contributed by atoms with E-state index in [1.54, 1.807) is 0 Å². The number of β-amino-alcohol motifs (C(OH)–C–C–N with tert-alkyl or cyclic N) is 1. The minimum absolute atomic E-state index is 0.417. The van der Waals surface area contributed by atoms with Crippen LogP contribution in [0.5, 0.6) is 0 Å². The SMILES string of the molecule is CCn1ccnc1CN1CCN(C[C@@H](O)c2ccccc2)[C@@H](C)C1. The average Bonchev–Trinajstić information content (AvgIpc) is 3.05. The number of aliphatic hydroxyl groups excluding tert-OH is 1. The Bertz CT molecular complexity index is 627. The van der Waals surface area contributed by atoms with E-state index in [4.69, 9.17) is 0 Å². The molecule has 0 radical (unpaired) electrons. The van der Waals surface area contributed by atoms with Gasteiger partial charge in [0.25, 0.3) is 0 Å². The number of imidazole rings is 1. The summed E-state index contributed by atoms with van der Waals surface area (Å²) < 4.78 is 2.20. The van der Waals surface area contributed by atoms with Crippen molar-refractivity contribution in [2.75, 3.05) is 26.2 Å². The molecule has 0 bridgehead atoms. The van der Waals surface area contributed by atoms with Crippen molar-refractivity contribution in [3.05, 3.63) is 54.1 Å². The van der Waals surface area contributed by atoms with E-state index in [1.807, 2.05) is 42.7 Å². The minimum atomic E-state index is -0.417. The van der Waals surface area contributed by atoms with Gasteiger partial charge in [-0.05, 0) is 19.4 Å². The fourth-order valence-corrected chi connectivity index (χ4v) is 3.47. The van der Waals surface area contributed by atoms with Crippen LogP contribution in [0.1, 0.15) is 31.3 Å². The average molecular weight is 328 g/mol. The molecular weight excluding hydrogens is 300 g/mol. The van der Waals surface area contributed by atoms with Crippen LogP contribution in [0.25, 0.3) is 0 Å². The van der Waals surface area contributed by atoms with Crippen molar-refractivity contribution in [3.63, 3.8) is 0 Å². The predicted molar refractivity (Wildman–Crippen MR) is 95.6 cm³/mol. The fraction of sp³-hybridized carbons (Fsp3) is 0.526. The highest BCUT2D eigenvalue weighted by Crippen LogP contribution is 2.18. The van der Waals surface area contributed by atoms with Crippen molar-refractivity contribution >= 4 is 0 Å². The number of piperazine rings is 1. The third-order valence-corrected chi connectivity index (χ3v) is 4.95. The van der Waals surface area contributed by atoms with Gasteiger partial charge in [0.2, 0.25) is 0 Å². The van der Waals surface area contributed by atoms with Crippen LogP contribution in [-0.4, -0.2) is 56.7 Å². The normalized spacial score (nSPS) is 21.0. The summed E-state index contributed by atoms with van der Waals surface area (Å²) in [6.45, 7) is 9.97. The van der Waals surface area contributed by atoms with Crippen molar-refractivity contribution in [1.82, 2.24) is 19.4 Å². The second kappa shape index (κ2) is 7.92. The third kappa shape index (κ3) is 4.04. The van der Waals surface area contributed by atoms with Crippen molar-refractivity contribution < 1.29 is 5.11 Å². The number of aromatic nitrogens is 2. The van der Waals surface area contributed by atoms with Crippen LogP contribution < -0.4 is 0 Å². The first kappa shape index (κ1) is 17.1. The first-order valence-electron chi connectivity index (χ1n) is 8.86. The van der Waals surface area contributed by atoms with Gasteiger partial charge in [-0.25, -0.2) is 4.98 Å². The predicted octanol–water partition coefficient (Wildman–Crippen LogP) is 2.14. The molecule has 1 N–H and O–H groups in total. The van der Waals surface area contributed by atoms with Gasteiger partial charge in [-0.1, -0.05) is 30.3 Å². The number of hydrogen-bond acceptors (Lipinski definition) is 4. The lowest BCUT2D eigenvalue weighted by Gasteiger charge is -2.40. The summed E-state index contributed by atoms with van der Waals surface area (Å²) in [6.07, 6.45) is 3.51. The van der Waals surface area contributed by atoms with E-state index in [0.29, 0.717) is 12.6 Å². The maximum atomic E-state index is 10.5. The molecule has 3 rings (SSSR count). The summed E-state index contributed by atoms with van der Waals surface area (Å²) in [5.41, 5.74) is 0.997. The Labute approximate surface area is 144 Å². The molecule has 5 heteroatoms. The highest BCUT2D eigenvalue weighted by molar-refractivity contribution is 5.17. The van der Waals surface area contributed by atoms with Crippen LogP contribution in [0.3, 0.4) is 0 Å². The van der Waals surface area contributed by atoms with Crippen LogP contribution in [-0.2, 0) is 13.1 Å². The van der Waals surface area contributed by atoms with Gasteiger partial charge < -0.3 is 9.67 Å². The van der Waals surface area contributed by atoms with E-state index in [2.05, 4.69) is 33.2 Å². The lowest BCUT2D eigenvalue weighted by atomic mass is 10.1. The molecule has 1 aliphatic rings. The first-order valence-corrected chi connectivity index (χ1v) is 8.86. The molecule has 1 aromatic heterocycles. The van der Waals surface area contributed by atoms with Crippen molar-refractivity contribution in [2.45, 2.75) is 39.1 Å². The van der Waals surface area contributed by atoms with Gasteiger partial charge >= 0.3 is 0 Å². The van der Waals surface area contributed by atoms with Crippen LogP contribution in [0.15, 0.2) is 42.7 Å². The smallest absolute Gasteiger partial charge is 0.122 e. The number of nitrogens with zero attached hydrogens (tertiary/aromatic N) is 4. The Morgan fingerprint density at radius 2 is 2.04 bits per heavy atom. The first-order chi connectivity index (χ1) is 11.7. The molecule has 2 aromatic rings. The zero-order chi connectivity index (χ0) is 16.9. The van der Waals surface area contributed by atoms with E-state index in [1.165, 1.54) is 0 Å². The van der Waals surface area contributed by atoms with Crippen LogP contribution in [0.4, 0.5) is 0 Å². The van der Waals surface area contributed by atoms with Crippen LogP contribution >= 0.6 is 0 Å². The Kier molecular flexibility index (Phi) is 5.66. The molecule has 0 unspecified atom stereocenters. The Balaban J connectivity index is 1.53. The quantitative estimate of drug-likeness (QED) is 0.882. The summed E-state index contributed by atoms with van der Waals surface area (Å²) in [5, 5.41) is 10.5. The van der Waals surface area contributed by atoms with Gasteiger partial charge in [0.15, 0.2) is 0 Å². The standard InChI is InChI=1S/C19H28N4O/c1-3-22-10-9-20-19(22)15-21-11-12-23(16(2)13-21)14-18(24)17-7-5-4-6-8-17/h4-10,16,18,24H,3,11-15H2,1-2H3/t16-,18+/m0/s1. The lowest BCUT2D eigenvalue weighted by Crippen LogP contribution is -2.52. The zero-order valence-corrected chi connectivity index (χ0v) is 14.7. The molecule has 0 saturated carbocycles. The van der Waals surface area contributed by atoms with Crippen molar-refractivity contribution in [2.24, 2.45) is 0 Å². The van der Waals surface area contributed by atoms with Crippen LogP contribution in [0.2, 0.25) is 0 Å². The maximum Gasteiger partial charge on any atom is 0.122 e. The second-order valence-electron chi connectivity index (χ2n) is 6.64. The maximum absolute atomic E-state index is 10.5. The molecular formula is C19H28N4O. The van der Waals surface area contributed by atoms with Gasteiger partial charge in [0, 0.05) is 51.2 Å². The Hall–Kier alpha value is -1.69. The highest BCUT2D eigenvalue weighted by Gasteiger charge is 2.26. The van der Waals surface area contributed by atoms with E-state index in [9.17, 15) is 5.11 Å². The topological polar surface area (TPSA) is 44.5 Å². The molecule has 0 aliphatic carbocycles. The number of aryl methyl sites for hydroxylation is 1. The van der Waals surface area contributed by atoms with Gasteiger partial charge in [-0.15, -0.1) is 0 Å². The monoisotopic (exact) mass is 328 g/mol. The molecule has 2 atom stereocenters. The fourth-order valence-electron chi connectivity index (χ4n) is 3.47. The minimum Gasteiger partial charge on any atom is -0.387 e. The molecule has 1 fully saturated rings. The summed E-state index contributed by atoms with van der Waals surface area (Å²) in [6, 6.07) is 10.4. The number of benzene rings is 1. The number of rotatable bonds is 6.